The summed E-state index contributed by atoms with van der Waals surface area (Å²) in [5, 5.41) is 11.1. The molecule has 0 heterocycles. The zero-order chi connectivity index (χ0) is 13.4. The second-order valence-corrected chi connectivity index (χ2v) is 5.31. The largest absolute Gasteiger partial charge is 0.478 e. The lowest BCUT2D eigenvalue weighted by Crippen LogP contribution is -2.20. The summed E-state index contributed by atoms with van der Waals surface area (Å²) in [6.07, 6.45) is 2.63. The fourth-order valence-corrected chi connectivity index (χ4v) is 2.59. The maximum absolute atomic E-state index is 11.3. The molecule has 0 bridgehead atoms. The van der Waals surface area contributed by atoms with Crippen LogP contribution in [0, 0.1) is 5.92 Å². The van der Waals surface area contributed by atoms with Crippen LogP contribution in [-0.4, -0.2) is 24.7 Å². The number of aromatic carboxylic acids is 1. The Bertz CT molecular complexity index is 632. The lowest BCUT2D eigenvalue weighted by molar-refractivity contribution is 0.0699. The van der Waals surface area contributed by atoms with Gasteiger partial charge < -0.3 is 10.0 Å². The highest BCUT2D eigenvalue weighted by molar-refractivity contribution is 6.07. The van der Waals surface area contributed by atoms with Gasteiger partial charge in [-0.2, -0.15) is 0 Å². The highest BCUT2D eigenvalue weighted by Crippen LogP contribution is 2.34. The third-order valence-electron chi connectivity index (χ3n) is 3.77. The van der Waals surface area contributed by atoms with Gasteiger partial charge in [-0.3, -0.25) is 0 Å². The van der Waals surface area contributed by atoms with E-state index in [0.717, 1.165) is 28.9 Å². The van der Waals surface area contributed by atoms with Crippen LogP contribution in [0.15, 0.2) is 36.4 Å². The van der Waals surface area contributed by atoms with Crippen molar-refractivity contribution >= 4 is 22.4 Å². The maximum atomic E-state index is 11.3. The van der Waals surface area contributed by atoms with Crippen molar-refractivity contribution in [2.24, 2.45) is 5.92 Å². The van der Waals surface area contributed by atoms with Crippen molar-refractivity contribution < 1.29 is 9.90 Å². The topological polar surface area (TPSA) is 40.5 Å². The molecule has 19 heavy (non-hydrogen) atoms. The number of carbonyl (C=O) groups is 1. The number of carboxylic acids is 1. The Hall–Kier alpha value is -2.03. The Morgan fingerprint density at radius 3 is 2.53 bits per heavy atom. The fourth-order valence-electron chi connectivity index (χ4n) is 2.59. The number of hydrogen-bond donors (Lipinski definition) is 1. The van der Waals surface area contributed by atoms with Crippen LogP contribution in [0.5, 0.6) is 0 Å². The van der Waals surface area contributed by atoms with E-state index < -0.39 is 5.97 Å². The van der Waals surface area contributed by atoms with Crippen LogP contribution >= 0.6 is 0 Å². The van der Waals surface area contributed by atoms with Gasteiger partial charge in [-0.05, 0) is 36.3 Å². The first kappa shape index (κ1) is 12.0. The molecule has 1 aliphatic rings. The van der Waals surface area contributed by atoms with Gasteiger partial charge in [0.05, 0.1) is 5.56 Å². The minimum Gasteiger partial charge on any atom is -0.478 e. The van der Waals surface area contributed by atoms with Crippen LogP contribution in [0.3, 0.4) is 0 Å². The average Bonchev–Trinajstić information content (AvgIpc) is 3.21. The second kappa shape index (κ2) is 4.57. The number of nitrogens with zero attached hydrogens (tertiary/aromatic N) is 1. The number of carboxylic acid groups (broad SMARTS) is 1. The number of benzene rings is 2. The summed E-state index contributed by atoms with van der Waals surface area (Å²) in [5.74, 6) is -0.0597. The highest BCUT2D eigenvalue weighted by Gasteiger charge is 2.23. The lowest BCUT2D eigenvalue weighted by Gasteiger charge is -2.21. The molecule has 2 aromatic carbocycles. The number of hydrogen-bond acceptors (Lipinski definition) is 2. The Morgan fingerprint density at radius 2 is 1.89 bits per heavy atom. The van der Waals surface area contributed by atoms with Crippen molar-refractivity contribution in [1.82, 2.24) is 0 Å². The van der Waals surface area contributed by atoms with Gasteiger partial charge in [0.25, 0.3) is 0 Å². The molecule has 1 fully saturated rings. The predicted molar refractivity (Wildman–Crippen MR) is 76.9 cm³/mol. The quantitative estimate of drug-likeness (QED) is 0.910. The number of anilines is 1. The van der Waals surface area contributed by atoms with E-state index in [1.807, 2.05) is 30.3 Å². The SMILES string of the molecule is CN(CC1CC1)c1ccc(C(=O)O)c2ccccc12. The van der Waals surface area contributed by atoms with Gasteiger partial charge in [-0.25, -0.2) is 4.79 Å². The van der Waals surface area contributed by atoms with Gasteiger partial charge in [-0.1, -0.05) is 24.3 Å². The molecule has 0 aromatic heterocycles. The first-order chi connectivity index (χ1) is 9.16. The van der Waals surface area contributed by atoms with E-state index in [9.17, 15) is 9.90 Å². The van der Waals surface area contributed by atoms with Crippen molar-refractivity contribution in [1.29, 1.82) is 0 Å². The minimum absolute atomic E-state index is 0.374. The lowest BCUT2D eigenvalue weighted by atomic mass is 10.0. The molecule has 1 aliphatic carbocycles. The molecule has 0 saturated heterocycles. The van der Waals surface area contributed by atoms with E-state index in [1.165, 1.54) is 12.8 Å². The summed E-state index contributed by atoms with van der Waals surface area (Å²) < 4.78 is 0. The van der Waals surface area contributed by atoms with E-state index in [-0.39, 0.29) is 0 Å². The van der Waals surface area contributed by atoms with Crippen molar-refractivity contribution in [2.45, 2.75) is 12.8 Å². The van der Waals surface area contributed by atoms with Crippen molar-refractivity contribution in [3.05, 3.63) is 42.0 Å². The van der Waals surface area contributed by atoms with Crippen molar-refractivity contribution in [2.75, 3.05) is 18.5 Å². The molecule has 1 saturated carbocycles. The Labute approximate surface area is 112 Å². The molecule has 0 amide bonds. The predicted octanol–water partition coefficient (Wildman–Crippen LogP) is 3.38. The third-order valence-corrected chi connectivity index (χ3v) is 3.77. The van der Waals surface area contributed by atoms with Gasteiger partial charge in [-0.15, -0.1) is 0 Å². The van der Waals surface area contributed by atoms with Gasteiger partial charge in [0.15, 0.2) is 0 Å². The molecular formula is C16H17NO2. The summed E-state index contributed by atoms with van der Waals surface area (Å²) >= 11 is 0. The monoisotopic (exact) mass is 255 g/mol. The first-order valence-electron chi connectivity index (χ1n) is 6.63. The molecule has 0 radical (unpaired) electrons. The van der Waals surface area contributed by atoms with E-state index in [1.54, 1.807) is 6.07 Å². The number of fused-ring (bicyclic) bond motifs is 1. The zero-order valence-electron chi connectivity index (χ0n) is 11.0. The summed E-state index contributed by atoms with van der Waals surface area (Å²) in [7, 11) is 2.08. The summed E-state index contributed by atoms with van der Waals surface area (Å²) in [6.45, 7) is 1.05. The van der Waals surface area contributed by atoms with E-state index in [0.29, 0.717) is 5.56 Å². The highest BCUT2D eigenvalue weighted by atomic mass is 16.4. The molecule has 2 aromatic rings. The molecule has 3 rings (SSSR count). The molecule has 0 aliphatic heterocycles. The summed E-state index contributed by atoms with van der Waals surface area (Å²) in [5.41, 5.74) is 1.49. The van der Waals surface area contributed by atoms with Crippen LogP contribution in [0.25, 0.3) is 10.8 Å². The van der Waals surface area contributed by atoms with Gasteiger partial charge >= 0.3 is 5.97 Å². The second-order valence-electron chi connectivity index (χ2n) is 5.31. The summed E-state index contributed by atoms with van der Waals surface area (Å²) in [4.78, 5) is 13.5. The van der Waals surface area contributed by atoms with Crippen LogP contribution in [-0.2, 0) is 0 Å². The molecule has 3 heteroatoms. The van der Waals surface area contributed by atoms with Crippen LogP contribution in [0.1, 0.15) is 23.2 Å². The third kappa shape index (κ3) is 2.28. The Balaban J connectivity index is 2.09. The van der Waals surface area contributed by atoms with Gasteiger partial charge in [0.1, 0.15) is 0 Å². The molecule has 1 N–H and O–H groups in total. The molecule has 3 nitrogen and oxygen atoms in total. The molecular weight excluding hydrogens is 238 g/mol. The molecule has 0 atom stereocenters. The fraction of sp³-hybridized carbons (Fsp3) is 0.312. The van der Waals surface area contributed by atoms with Crippen molar-refractivity contribution in [3.8, 4) is 0 Å². The summed E-state index contributed by atoms with van der Waals surface area (Å²) in [6, 6.07) is 11.4. The Morgan fingerprint density at radius 1 is 1.21 bits per heavy atom. The maximum Gasteiger partial charge on any atom is 0.336 e. The van der Waals surface area contributed by atoms with E-state index in [2.05, 4.69) is 11.9 Å². The normalized spacial score (nSPS) is 14.6. The van der Waals surface area contributed by atoms with E-state index in [4.69, 9.17) is 0 Å². The zero-order valence-corrected chi connectivity index (χ0v) is 11.0. The average molecular weight is 255 g/mol. The van der Waals surface area contributed by atoms with Gasteiger partial charge in [0, 0.05) is 24.7 Å². The van der Waals surface area contributed by atoms with Crippen molar-refractivity contribution in [3.63, 3.8) is 0 Å². The smallest absolute Gasteiger partial charge is 0.336 e. The minimum atomic E-state index is -0.868. The number of rotatable bonds is 4. The Kier molecular flexibility index (Phi) is 2.90. The van der Waals surface area contributed by atoms with Gasteiger partial charge in [0.2, 0.25) is 0 Å². The van der Waals surface area contributed by atoms with Crippen LogP contribution in [0.4, 0.5) is 5.69 Å². The van der Waals surface area contributed by atoms with E-state index >= 15 is 0 Å². The standard InChI is InChI=1S/C16H17NO2/c1-17(10-11-6-7-11)15-9-8-14(16(18)19)12-4-2-3-5-13(12)15/h2-5,8-9,11H,6-7,10H2,1H3,(H,18,19). The molecule has 98 valence electrons. The van der Waals surface area contributed by atoms with Crippen LogP contribution < -0.4 is 4.90 Å². The molecule has 0 spiro atoms. The first-order valence-corrected chi connectivity index (χ1v) is 6.63. The molecule has 0 unspecified atom stereocenters. The van der Waals surface area contributed by atoms with Crippen LogP contribution in [0.2, 0.25) is 0 Å².